The molecule has 0 saturated heterocycles. The summed E-state index contributed by atoms with van der Waals surface area (Å²) in [5.74, 6) is -7.91. The van der Waals surface area contributed by atoms with E-state index in [9.17, 15) is 27.9 Å². The van der Waals surface area contributed by atoms with Gasteiger partial charge in [-0.1, -0.05) is 12.1 Å². The highest BCUT2D eigenvalue weighted by Gasteiger charge is 2.28. The van der Waals surface area contributed by atoms with Gasteiger partial charge in [0.05, 0.1) is 24.8 Å². The molecule has 3 rings (SSSR count). The van der Waals surface area contributed by atoms with Crippen molar-refractivity contribution < 1.29 is 32.2 Å². The van der Waals surface area contributed by atoms with Gasteiger partial charge >= 0.3 is 5.97 Å². The first-order valence-electron chi connectivity index (χ1n) is 7.79. The smallest absolute Gasteiger partial charge is 0.306 e. The summed E-state index contributed by atoms with van der Waals surface area (Å²) in [6, 6.07) is 7.37. The van der Waals surface area contributed by atoms with E-state index in [0.717, 1.165) is 7.11 Å². The van der Waals surface area contributed by atoms with Gasteiger partial charge in [0.1, 0.15) is 5.58 Å². The Bertz CT molecular complexity index is 1070. The lowest BCUT2D eigenvalue weighted by atomic mass is 9.91. The highest BCUT2D eigenvalue weighted by atomic mass is 19.2. The molecule has 0 bridgehead atoms. The standard InChI is InChI=1S/C19H13F3O5/c1-26-15(23)8-11(9-6-12(20)16(22)13(21)7-9)19-18(25)17(24)10-4-2-3-5-14(10)27-19/h2-7,11,25H,8H2,1H3/t11-/m0/s1. The fraction of sp³-hybridized carbons (Fsp3) is 0.158. The van der Waals surface area contributed by atoms with Crippen LogP contribution in [0, 0.1) is 17.5 Å². The first kappa shape index (κ1) is 18.5. The van der Waals surface area contributed by atoms with Gasteiger partial charge < -0.3 is 14.3 Å². The Morgan fingerprint density at radius 1 is 1.19 bits per heavy atom. The average molecular weight is 378 g/mol. The molecule has 1 N–H and O–H groups in total. The summed E-state index contributed by atoms with van der Waals surface area (Å²) in [6.07, 6.45) is -0.504. The number of benzene rings is 2. The lowest BCUT2D eigenvalue weighted by Gasteiger charge is -2.17. The predicted molar refractivity (Wildman–Crippen MR) is 88.9 cm³/mol. The van der Waals surface area contributed by atoms with Gasteiger partial charge in [-0.3, -0.25) is 9.59 Å². The van der Waals surface area contributed by atoms with E-state index in [0.29, 0.717) is 12.1 Å². The fourth-order valence-corrected chi connectivity index (χ4v) is 2.77. The van der Waals surface area contributed by atoms with Crippen molar-refractivity contribution in [2.75, 3.05) is 7.11 Å². The second-order valence-corrected chi connectivity index (χ2v) is 5.77. The quantitative estimate of drug-likeness (QED) is 0.554. The Labute approximate surface area is 150 Å². The molecule has 1 aromatic heterocycles. The van der Waals surface area contributed by atoms with Crippen molar-refractivity contribution in [3.05, 3.63) is 75.4 Å². The van der Waals surface area contributed by atoms with Crippen LogP contribution in [0.25, 0.3) is 11.0 Å². The van der Waals surface area contributed by atoms with Crippen molar-refractivity contribution in [1.29, 1.82) is 0 Å². The molecule has 1 atom stereocenters. The molecule has 8 heteroatoms. The minimum Gasteiger partial charge on any atom is -0.502 e. The van der Waals surface area contributed by atoms with Gasteiger partial charge in [-0.05, 0) is 29.8 Å². The van der Waals surface area contributed by atoms with E-state index in [2.05, 4.69) is 4.74 Å². The molecule has 0 saturated carbocycles. The number of fused-ring (bicyclic) bond motifs is 1. The number of para-hydroxylation sites is 1. The van der Waals surface area contributed by atoms with E-state index in [1.807, 2.05) is 0 Å². The van der Waals surface area contributed by atoms with E-state index < -0.39 is 46.9 Å². The number of hydrogen-bond donors (Lipinski definition) is 1. The maximum absolute atomic E-state index is 13.7. The van der Waals surface area contributed by atoms with E-state index in [1.54, 1.807) is 12.1 Å². The molecule has 140 valence electrons. The zero-order valence-electron chi connectivity index (χ0n) is 14.0. The first-order chi connectivity index (χ1) is 12.8. The Hall–Kier alpha value is -3.29. The summed E-state index contributed by atoms with van der Waals surface area (Å²) in [4.78, 5) is 24.2. The number of methoxy groups -OCH3 is 1. The Balaban J connectivity index is 2.26. The van der Waals surface area contributed by atoms with E-state index in [-0.39, 0.29) is 22.3 Å². The number of hydrogen-bond acceptors (Lipinski definition) is 5. The van der Waals surface area contributed by atoms with E-state index >= 15 is 0 Å². The molecular weight excluding hydrogens is 365 g/mol. The van der Waals surface area contributed by atoms with Crippen LogP contribution in [0.2, 0.25) is 0 Å². The zero-order chi connectivity index (χ0) is 19.7. The number of esters is 1. The first-order valence-corrected chi connectivity index (χ1v) is 7.79. The summed E-state index contributed by atoms with van der Waals surface area (Å²) >= 11 is 0. The number of rotatable bonds is 4. The molecule has 0 unspecified atom stereocenters. The molecular formula is C19H13F3O5. The zero-order valence-corrected chi connectivity index (χ0v) is 14.0. The SMILES string of the molecule is COC(=O)C[C@@H](c1cc(F)c(F)c(F)c1)c1oc2ccccc2c(=O)c1O. The molecule has 0 spiro atoms. The van der Waals surface area contributed by atoms with Gasteiger partial charge in [0.2, 0.25) is 11.2 Å². The van der Waals surface area contributed by atoms with E-state index in [4.69, 9.17) is 4.42 Å². The van der Waals surface area contributed by atoms with Gasteiger partial charge in [0.15, 0.2) is 23.2 Å². The van der Waals surface area contributed by atoms with Crippen LogP contribution >= 0.6 is 0 Å². The molecule has 0 aliphatic carbocycles. The van der Waals surface area contributed by atoms with Gasteiger partial charge in [-0.2, -0.15) is 0 Å². The highest BCUT2D eigenvalue weighted by molar-refractivity contribution is 5.78. The van der Waals surface area contributed by atoms with Crippen LogP contribution in [0.1, 0.15) is 23.7 Å². The van der Waals surface area contributed by atoms with Crippen molar-refractivity contribution in [2.45, 2.75) is 12.3 Å². The summed E-state index contributed by atoms with van der Waals surface area (Å²) in [5.41, 5.74) is -0.872. The average Bonchev–Trinajstić information content (AvgIpc) is 2.66. The van der Waals surface area contributed by atoms with Gasteiger partial charge in [0, 0.05) is 0 Å². The van der Waals surface area contributed by atoms with Crippen LogP contribution in [0.3, 0.4) is 0 Å². The van der Waals surface area contributed by atoms with Crippen molar-refractivity contribution in [3.63, 3.8) is 0 Å². The molecule has 2 aromatic carbocycles. The minimum absolute atomic E-state index is 0.0898. The molecule has 27 heavy (non-hydrogen) atoms. The van der Waals surface area contributed by atoms with Gasteiger partial charge in [-0.25, -0.2) is 13.2 Å². The van der Waals surface area contributed by atoms with Crippen LogP contribution < -0.4 is 5.43 Å². The highest BCUT2D eigenvalue weighted by Crippen LogP contribution is 2.35. The van der Waals surface area contributed by atoms with Crippen LogP contribution in [0.5, 0.6) is 5.75 Å². The van der Waals surface area contributed by atoms with Crippen molar-refractivity contribution >= 4 is 16.9 Å². The number of carbonyl (C=O) groups is 1. The topological polar surface area (TPSA) is 76.7 Å². The third-order valence-corrected chi connectivity index (χ3v) is 4.12. The van der Waals surface area contributed by atoms with Crippen LogP contribution in [0.15, 0.2) is 45.6 Å². The summed E-state index contributed by atoms with van der Waals surface area (Å²) in [5, 5.41) is 10.4. The number of ether oxygens (including phenoxy) is 1. The molecule has 1 heterocycles. The van der Waals surface area contributed by atoms with Crippen LogP contribution in [-0.4, -0.2) is 18.2 Å². The lowest BCUT2D eigenvalue weighted by molar-refractivity contribution is -0.140. The van der Waals surface area contributed by atoms with E-state index in [1.165, 1.54) is 12.1 Å². The molecule has 3 aromatic rings. The Morgan fingerprint density at radius 3 is 2.44 bits per heavy atom. The fourth-order valence-electron chi connectivity index (χ4n) is 2.77. The van der Waals surface area contributed by atoms with Crippen LogP contribution in [0.4, 0.5) is 13.2 Å². The van der Waals surface area contributed by atoms with Gasteiger partial charge in [0.25, 0.3) is 0 Å². The summed E-state index contributed by atoms with van der Waals surface area (Å²) in [7, 11) is 1.10. The monoisotopic (exact) mass is 378 g/mol. The molecule has 0 aliphatic rings. The maximum Gasteiger partial charge on any atom is 0.306 e. The molecule has 0 aliphatic heterocycles. The van der Waals surface area contributed by atoms with Crippen molar-refractivity contribution in [2.24, 2.45) is 0 Å². The Morgan fingerprint density at radius 2 is 1.81 bits per heavy atom. The Kier molecular flexibility index (Phi) is 4.89. The van der Waals surface area contributed by atoms with Crippen LogP contribution in [-0.2, 0) is 9.53 Å². The number of halogens is 3. The largest absolute Gasteiger partial charge is 0.502 e. The summed E-state index contributed by atoms with van der Waals surface area (Å²) in [6.45, 7) is 0. The minimum atomic E-state index is -1.68. The second-order valence-electron chi connectivity index (χ2n) is 5.77. The molecule has 0 amide bonds. The number of aromatic hydroxyl groups is 1. The third-order valence-electron chi connectivity index (χ3n) is 4.12. The lowest BCUT2D eigenvalue weighted by Crippen LogP contribution is -2.14. The molecule has 0 fully saturated rings. The number of carbonyl (C=O) groups excluding carboxylic acids is 1. The molecule has 5 nitrogen and oxygen atoms in total. The normalized spacial score (nSPS) is 12.1. The molecule has 0 radical (unpaired) electrons. The second kappa shape index (κ2) is 7.14. The van der Waals surface area contributed by atoms with Crippen molar-refractivity contribution in [1.82, 2.24) is 0 Å². The third kappa shape index (κ3) is 3.38. The van der Waals surface area contributed by atoms with Gasteiger partial charge in [-0.15, -0.1) is 0 Å². The maximum atomic E-state index is 13.7. The van der Waals surface area contributed by atoms with Crippen molar-refractivity contribution in [3.8, 4) is 5.75 Å². The summed E-state index contributed by atoms with van der Waals surface area (Å²) < 4.78 is 50.8. The predicted octanol–water partition coefficient (Wildman–Crippen LogP) is 3.61.